The predicted molar refractivity (Wildman–Crippen MR) is 93.5 cm³/mol. The molecule has 2 aromatic carbocycles. The number of carbonyl (C=O) groups is 1. The van der Waals surface area contributed by atoms with Gasteiger partial charge in [-0.15, -0.1) is 0 Å². The predicted octanol–water partition coefficient (Wildman–Crippen LogP) is 2.73. The number of hydrogen-bond acceptors (Lipinski definition) is 5. The molecule has 1 amide bonds. The summed E-state index contributed by atoms with van der Waals surface area (Å²) in [7, 11) is 0. The average molecular weight is 425 g/mol. The van der Waals surface area contributed by atoms with E-state index in [9.17, 15) is 14.9 Å². The van der Waals surface area contributed by atoms with E-state index in [0.717, 1.165) is 3.57 Å². The standard InChI is InChI=1S/C15H12IN3O4/c16-12-3-7-14(8-4-12)23-10-15(20)18-17-9-11-1-5-13(6-2-11)19(21)22/h1-9H,10H2,(H,18,20)/b17-9-. The second-order valence-corrected chi connectivity index (χ2v) is 5.63. The van der Waals surface area contributed by atoms with Gasteiger partial charge in [0.1, 0.15) is 5.75 Å². The van der Waals surface area contributed by atoms with Crippen LogP contribution in [0.5, 0.6) is 5.75 Å². The van der Waals surface area contributed by atoms with Gasteiger partial charge >= 0.3 is 0 Å². The first-order valence-corrected chi connectivity index (χ1v) is 7.57. The number of non-ortho nitro benzene ring substituents is 1. The molecule has 2 rings (SSSR count). The van der Waals surface area contributed by atoms with Crippen LogP contribution in [0.1, 0.15) is 5.56 Å². The molecule has 1 N–H and O–H groups in total. The van der Waals surface area contributed by atoms with Crippen molar-refractivity contribution in [3.8, 4) is 5.75 Å². The molecule has 0 saturated carbocycles. The minimum absolute atomic E-state index is 0.00268. The largest absolute Gasteiger partial charge is 0.484 e. The molecule has 0 aliphatic heterocycles. The third-order valence-electron chi connectivity index (χ3n) is 2.69. The number of rotatable bonds is 6. The van der Waals surface area contributed by atoms with Gasteiger partial charge in [-0.25, -0.2) is 5.43 Å². The summed E-state index contributed by atoms with van der Waals surface area (Å²) in [5.41, 5.74) is 2.95. The molecule has 0 aromatic heterocycles. The highest BCUT2D eigenvalue weighted by atomic mass is 127. The van der Waals surface area contributed by atoms with Gasteiger partial charge in [0.05, 0.1) is 11.1 Å². The number of ether oxygens (including phenoxy) is 1. The van der Waals surface area contributed by atoms with Crippen molar-refractivity contribution >= 4 is 40.4 Å². The van der Waals surface area contributed by atoms with Crippen molar-refractivity contribution in [2.45, 2.75) is 0 Å². The van der Waals surface area contributed by atoms with Gasteiger partial charge < -0.3 is 4.74 Å². The zero-order valence-corrected chi connectivity index (χ0v) is 14.0. The lowest BCUT2D eigenvalue weighted by Gasteiger charge is -2.04. The van der Waals surface area contributed by atoms with Crippen molar-refractivity contribution in [1.82, 2.24) is 5.43 Å². The fourth-order valence-electron chi connectivity index (χ4n) is 1.57. The number of hydrazone groups is 1. The van der Waals surface area contributed by atoms with Gasteiger partial charge in [0, 0.05) is 15.7 Å². The quantitative estimate of drug-likeness (QED) is 0.333. The summed E-state index contributed by atoms with van der Waals surface area (Å²) in [5.74, 6) is 0.196. The van der Waals surface area contributed by atoms with E-state index in [2.05, 4.69) is 33.1 Å². The molecule has 0 heterocycles. The average Bonchev–Trinajstić information content (AvgIpc) is 2.55. The Labute approximate surface area is 145 Å². The Hall–Kier alpha value is -2.49. The molecular formula is C15H12IN3O4. The second-order valence-electron chi connectivity index (χ2n) is 4.38. The summed E-state index contributed by atoms with van der Waals surface area (Å²) >= 11 is 2.18. The zero-order chi connectivity index (χ0) is 16.7. The lowest BCUT2D eigenvalue weighted by Crippen LogP contribution is -2.24. The maximum atomic E-state index is 11.6. The number of hydrogen-bond donors (Lipinski definition) is 1. The molecule has 23 heavy (non-hydrogen) atoms. The van der Waals surface area contributed by atoms with Crippen molar-refractivity contribution < 1.29 is 14.5 Å². The van der Waals surface area contributed by atoms with Crippen molar-refractivity contribution in [1.29, 1.82) is 0 Å². The molecule has 0 atom stereocenters. The van der Waals surface area contributed by atoms with E-state index in [-0.39, 0.29) is 12.3 Å². The molecule has 0 unspecified atom stereocenters. The Morgan fingerprint density at radius 1 is 1.22 bits per heavy atom. The summed E-state index contributed by atoms with van der Waals surface area (Å²) in [6.45, 7) is -0.155. The topological polar surface area (TPSA) is 93.8 Å². The second kappa shape index (κ2) is 8.22. The fourth-order valence-corrected chi connectivity index (χ4v) is 1.93. The van der Waals surface area contributed by atoms with Crippen molar-refractivity contribution in [3.05, 3.63) is 67.8 Å². The fraction of sp³-hybridized carbons (Fsp3) is 0.0667. The molecule has 0 saturated heterocycles. The van der Waals surface area contributed by atoms with Crippen LogP contribution in [-0.4, -0.2) is 23.7 Å². The van der Waals surface area contributed by atoms with Gasteiger partial charge in [-0.05, 0) is 64.6 Å². The van der Waals surface area contributed by atoms with Crippen molar-refractivity contribution in [3.63, 3.8) is 0 Å². The van der Waals surface area contributed by atoms with E-state index in [1.165, 1.54) is 30.5 Å². The third kappa shape index (κ3) is 5.66. The molecule has 0 fully saturated rings. The zero-order valence-electron chi connectivity index (χ0n) is 11.8. The third-order valence-corrected chi connectivity index (χ3v) is 3.41. The first kappa shape index (κ1) is 16.9. The van der Waals surface area contributed by atoms with E-state index in [4.69, 9.17) is 4.74 Å². The molecule has 0 spiro atoms. The van der Waals surface area contributed by atoms with E-state index < -0.39 is 10.8 Å². The van der Waals surface area contributed by atoms with E-state index in [1.807, 2.05) is 12.1 Å². The smallest absolute Gasteiger partial charge is 0.277 e. The molecule has 0 aliphatic carbocycles. The van der Waals surface area contributed by atoms with Crippen LogP contribution >= 0.6 is 22.6 Å². The van der Waals surface area contributed by atoms with Crippen LogP contribution in [0.2, 0.25) is 0 Å². The molecule has 8 heteroatoms. The highest BCUT2D eigenvalue weighted by Crippen LogP contribution is 2.13. The van der Waals surface area contributed by atoms with E-state index in [1.54, 1.807) is 12.1 Å². The molecule has 0 aliphatic rings. The van der Waals surface area contributed by atoms with Crippen LogP contribution in [0.4, 0.5) is 5.69 Å². The van der Waals surface area contributed by atoms with Crippen molar-refractivity contribution in [2.75, 3.05) is 6.61 Å². The lowest BCUT2D eigenvalue weighted by atomic mass is 10.2. The van der Waals surface area contributed by atoms with Gasteiger partial charge in [-0.1, -0.05) is 0 Å². The van der Waals surface area contributed by atoms with Crippen LogP contribution < -0.4 is 10.2 Å². The molecular weight excluding hydrogens is 413 g/mol. The summed E-state index contributed by atoms with van der Waals surface area (Å²) in [6, 6.07) is 13.1. The number of carbonyl (C=O) groups excluding carboxylic acids is 1. The van der Waals surface area contributed by atoms with Gasteiger partial charge in [0.2, 0.25) is 0 Å². The molecule has 0 radical (unpaired) electrons. The Kier molecular flexibility index (Phi) is 6.03. The number of nitro groups is 1. The van der Waals surface area contributed by atoms with Crippen LogP contribution in [0.15, 0.2) is 53.6 Å². The van der Waals surface area contributed by atoms with Crippen LogP contribution in [-0.2, 0) is 4.79 Å². The highest BCUT2D eigenvalue weighted by molar-refractivity contribution is 14.1. The highest BCUT2D eigenvalue weighted by Gasteiger charge is 2.03. The van der Waals surface area contributed by atoms with Gasteiger partial charge in [0.15, 0.2) is 6.61 Å². The van der Waals surface area contributed by atoms with Crippen LogP contribution in [0.3, 0.4) is 0 Å². The van der Waals surface area contributed by atoms with E-state index in [0.29, 0.717) is 11.3 Å². The van der Waals surface area contributed by atoms with Gasteiger partial charge in [-0.3, -0.25) is 14.9 Å². The maximum Gasteiger partial charge on any atom is 0.277 e. The normalized spacial score (nSPS) is 10.5. The van der Waals surface area contributed by atoms with Gasteiger partial charge in [-0.2, -0.15) is 5.10 Å². The lowest BCUT2D eigenvalue weighted by molar-refractivity contribution is -0.384. The maximum absolute atomic E-state index is 11.6. The number of nitrogens with zero attached hydrogens (tertiary/aromatic N) is 2. The molecule has 7 nitrogen and oxygen atoms in total. The number of amides is 1. The minimum Gasteiger partial charge on any atom is -0.484 e. The minimum atomic E-state index is -0.482. The van der Waals surface area contributed by atoms with Crippen LogP contribution in [0, 0.1) is 13.7 Å². The molecule has 2 aromatic rings. The Balaban J connectivity index is 1.79. The summed E-state index contributed by atoms with van der Waals surface area (Å²) in [6.07, 6.45) is 1.40. The Bertz CT molecular complexity index is 715. The number of nitro benzene ring substituents is 1. The molecule has 118 valence electrons. The first-order chi connectivity index (χ1) is 11.0. The summed E-state index contributed by atoms with van der Waals surface area (Å²) in [5, 5.41) is 14.3. The monoisotopic (exact) mass is 425 g/mol. The number of nitrogens with one attached hydrogen (secondary N) is 1. The Morgan fingerprint density at radius 3 is 2.48 bits per heavy atom. The SMILES string of the molecule is O=C(COc1ccc(I)cc1)N/N=C\c1ccc([N+](=O)[O-])cc1. The summed E-state index contributed by atoms with van der Waals surface area (Å²) in [4.78, 5) is 21.6. The first-order valence-electron chi connectivity index (χ1n) is 6.49. The van der Waals surface area contributed by atoms with Crippen LogP contribution in [0.25, 0.3) is 0 Å². The molecule has 0 bridgehead atoms. The number of benzene rings is 2. The van der Waals surface area contributed by atoms with E-state index >= 15 is 0 Å². The Morgan fingerprint density at radius 2 is 1.87 bits per heavy atom. The van der Waals surface area contributed by atoms with Gasteiger partial charge in [0.25, 0.3) is 11.6 Å². The summed E-state index contributed by atoms with van der Waals surface area (Å²) < 4.78 is 6.38. The number of halogens is 1. The van der Waals surface area contributed by atoms with Crippen molar-refractivity contribution in [2.24, 2.45) is 5.10 Å².